The molecule has 8 heteroatoms. The SMILES string of the molecule is COc1ccc(N2C(=O)CN(Cc3ccccc3Cl)[C@@H]3CS(=O)(=O)C[C@@H]32)cc1. The van der Waals surface area contributed by atoms with Crippen molar-refractivity contribution in [1.82, 2.24) is 4.90 Å². The maximum Gasteiger partial charge on any atom is 0.241 e. The van der Waals surface area contributed by atoms with E-state index in [4.69, 9.17) is 16.3 Å². The van der Waals surface area contributed by atoms with E-state index in [0.29, 0.717) is 23.0 Å². The Bertz CT molecular complexity index is 994. The number of hydrogen-bond acceptors (Lipinski definition) is 5. The van der Waals surface area contributed by atoms with Gasteiger partial charge in [-0.25, -0.2) is 8.42 Å². The van der Waals surface area contributed by atoms with E-state index in [0.717, 1.165) is 5.56 Å². The maximum atomic E-state index is 13.0. The smallest absolute Gasteiger partial charge is 0.241 e. The van der Waals surface area contributed by atoms with Crippen LogP contribution in [0.5, 0.6) is 5.75 Å². The molecule has 0 saturated carbocycles. The summed E-state index contributed by atoms with van der Waals surface area (Å²) in [4.78, 5) is 16.6. The van der Waals surface area contributed by atoms with Crippen LogP contribution >= 0.6 is 11.6 Å². The van der Waals surface area contributed by atoms with E-state index in [1.54, 1.807) is 42.3 Å². The molecule has 2 atom stereocenters. The van der Waals surface area contributed by atoms with Gasteiger partial charge in [-0.3, -0.25) is 9.69 Å². The van der Waals surface area contributed by atoms with E-state index in [9.17, 15) is 13.2 Å². The lowest BCUT2D eigenvalue weighted by atomic mass is 10.0. The molecule has 28 heavy (non-hydrogen) atoms. The molecule has 148 valence electrons. The average molecular weight is 421 g/mol. The molecule has 0 aliphatic carbocycles. The monoisotopic (exact) mass is 420 g/mol. The maximum absolute atomic E-state index is 13.0. The summed E-state index contributed by atoms with van der Waals surface area (Å²) in [7, 11) is -1.66. The quantitative estimate of drug-likeness (QED) is 0.759. The zero-order valence-electron chi connectivity index (χ0n) is 15.4. The van der Waals surface area contributed by atoms with Gasteiger partial charge in [0, 0.05) is 23.3 Å². The predicted octanol–water partition coefficient (Wildman–Crippen LogP) is 2.36. The second-order valence-corrected chi connectivity index (χ2v) is 9.73. The Kier molecular flexibility index (Phi) is 5.07. The van der Waals surface area contributed by atoms with E-state index < -0.39 is 15.9 Å². The van der Waals surface area contributed by atoms with Crippen molar-refractivity contribution >= 4 is 33.0 Å². The van der Waals surface area contributed by atoms with Crippen LogP contribution in [-0.2, 0) is 21.2 Å². The van der Waals surface area contributed by atoms with Gasteiger partial charge in [0.25, 0.3) is 0 Å². The third kappa shape index (κ3) is 3.62. The highest BCUT2D eigenvalue weighted by molar-refractivity contribution is 7.91. The van der Waals surface area contributed by atoms with Gasteiger partial charge in [0.1, 0.15) is 5.75 Å². The van der Waals surface area contributed by atoms with E-state index in [1.807, 2.05) is 23.1 Å². The molecule has 0 unspecified atom stereocenters. The summed E-state index contributed by atoms with van der Waals surface area (Å²) < 4.78 is 30.0. The molecule has 6 nitrogen and oxygen atoms in total. The van der Waals surface area contributed by atoms with Crippen molar-refractivity contribution in [2.24, 2.45) is 0 Å². The molecule has 2 aliphatic rings. The minimum absolute atomic E-state index is 0.0333. The van der Waals surface area contributed by atoms with Gasteiger partial charge in [-0.15, -0.1) is 0 Å². The molecule has 2 saturated heterocycles. The number of anilines is 1. The van der Waals surface area contributed by atoms with E-state index in [-0.39, 0.29) is 30.0 Å². The van der Waals surface area contributed by atoms with Crippen molar-refractivity contribution < 1.29 is 17.9 Å². The number of piperazine rings is 1. The van der Waals surface area contributed by atoms with Crippen molar-refractivity contribution in [2.75, 3.05) is 30.1 Å². The van der Waals surface area contributed by atoms with Crippen LogP contribution in [0.4, 0.5) is 5.69 Å². The average Bonchev–Trinajstić information content (AvgIpc) is 2.99. The Morgan fingerprint density at radius 3 is 2.43 bits per heavy atom. The van der Waals surface area contributed by atoms with Crippen molar-refractivity contribution in [1.29, 1.82) is 0 Å². The topological polar surface area (TPSA) is 66.9 Å². The number of amides is 1. The normalized spacial score (nSPS) is 24.2. The van der Waals surface area contributed by atoms with Crippen LogP contribution in [0.25, 0.3) is 0 Å². The van der Waals surface area contributed by atoms with Crippen LogP contribution in [0.3, 0.4) is 0 Å². The van der Waals surface area contributed by atoms with Gasteiger partial charge in [-0.05, 0) is 35.9 Å². The van der Waals surface area contributed by atoms with Gasteiger partial charge in [-0.1, -0.05) is 29.8 Å². The highest BCUT2D eigenvalue weighted by Gasteiger charge is 2.49. The summed E-state index contributed by atoms with van der Waals surface area (Å²) in [5.74, 6) is 0.580. The lowest BCUT2D eigenvalue weighted by Crippen LogP contribution is -2.61. The zero-order chi connectivity index (χ0) is 19.9. The number of sulfone groups is 1. The summed E-state index contributed by atoms with van der Waals surface area (Å²) >= 11 is 6.28. The highest BCUT2D eigenvalue weighted by Crippen LogP contribution is 2.33. The molecule has 0 radical (unpaired) electrons. The molecule has 2 aliphatic heterocycles. The van der Waals surface area contributed by atoms with E-state index >= 15 is 0 Å². The van der Waals surface area contributed by atoms with Gasteiger partial charge in [-0.2, -0.15) is 0 Å². The number of carbonyl (C=O) groups excluding carboxylic acids is 1. The van der Waals surface area contributed by atoms with E-state index in [2.05, 4.69) is 0 Å². The second-order valence-electron chi connectivity index (χ2n) is 7.17. The lowest BCUT2D eigenvalue weighted by Gasteiger charge is -2.43. The second kappa shape index (κ2) is 7.39. The van der Waals surface area contributed by atoms with Crippen molar-refractivity contribution in [3.63, 3.8) is 0 Å². The number of benzene rings is 2. The Hall–Kier alpha value is -2.09. The summed E-state index contributed by atoms with van der Waals surface area (Å²) in [5.41, 5.74) is 1.58. The van der Waals surface area contributed by atoms with Crippen LogP contribution in [0, 0.1) is 0 Å². The first-order valence-electron chi connectivity index (χ1n) is 9.02. The van der Waals surface area contributed by atoms with Gasteiger partial charge in [0.05, 0.1) is 31.2 Å². The van der Waals surface area contributed by atoms with Gasteiger partial charge >= 0.3 is 0 Å². The first-order valence-corrected chi connectivity index (χ1v) is 11.2. The first-order chi connectivity index (χ1) is 13.4. The highest BCUT2D eigenvalue weighted by atomic mass is 35.5. The molecular formula is C20H21ClN2O4S. The van der Waals surface area contributed by atoms with Crippen LogP contribution < -0.4 is 9.64 Å². The van der Waals surface area contributed by atoms with Crippen molar-refractivity contribution in [3.05, 3.63) is 59.1 Å². The molecule has 4 rings (SSSR count). The molecule has 1 amide bonds. The third-order valence-corrected chi connectivity index (χ3v) is 7.45. The molecule has 2 heterocycles. The first kappa shape index (κ1) is 19.2. The Morgan fingerprint density at radius 2 is 1.75 bits per heavy atom. The van der Waals surface area contributed by atoms with Crippen molar-refractivity contribution in [3.8, 4) is 5.75 Å². The zero-order valence-corrected chi connectivity index (χ0v) is 17.0. The fourth-order valence-corrected chi connectivity index (χ4v) is 6.23. The van der Waals surface area contributed by atoms with Gasteiger partial charge in [0.15, 0.2) is 9.84 Å². The number of halogens is 1. The molecule has 2 aromatic carbocycles. The fourth-order valence-electron chi connectivity index (χ4n) is 4.05. The predicted molar refractivity (Wildman–Crippen MR) is 109 cm³/mol. The molecule has 0 bridgehead atoms. The van der Waals surface area contributed by atoms with Gasteiger partial charge in [0.2, 0.25) is 5.91 Å². The Balaban J connectivity index is 1.66. The number of hydrogen-bond donors (Lipinski definition) is 0. The molecule has 0 N–H and O–H groups in total. The third-order valence-electron chi connectivity index (χ3n) is 5.38. The Labute approximate surface area is 169 Å². The summed E-state index contributed by atoms with van der Waals surface area (Å²) in [6, 6.07) is 13.9. The van der Waals surface area contributed by atoms with Gasteiger partial charge < -0.3 is 9.64 Å². The standard InChI is InChI=1S/C20H21ClN2O4S/c1-27-16-8-6-15(7-9-16)23-19-13-28(25,26)12-18(19)22(11-20(23)24)10-14-4-2-3-5-17(14)21/h2-9,18-19H,10-13H2,1H3/t18-,19+/m1/s1. The molecule has 2 fully saturated rings. The molecule has 0 spiro atoms. The minimum atomic E-state index is -3.23. The lowest BCUT2D eigenvalue weighted by molar-refractivity contribution is -0.123. The van der Waals surface area contributed by atoms with E-state index in [1.165, 1.54) is 0 Å². The Morgan fingerprint density at radius 1 is 1.07 bits per heavy atom. The van der Waals surface area contributed by atoms with Crippen LogP contribution in [0.2, 0.25) is 5.02 Å². The number of ether oxygens (including phenoxy) is 1. The molecule has 0 aromatic heterocycles. The fraction of sp³-hybridized carbons (Fsp3) is 0.350. The number of rotatable bonds is 4. The van der Waals surface area contributed by atoms with Crippen LogP contribution in [-0.4, -0.2) is 56.5 Å². The minimum Gasteiger partial charge on any atom is -0.497 e. The number of nitrogens with zero attached hydrogens (tertiary/aromatic N) is 2. The van der Waals surface area contributed by atoms with Crippen LogP contribution in [0.1, 0.15) is 5.56 Å². The summed E-state index contributed by atoms with van der Waals surface area (Å²) in [5, 5.41) is 0.616. The van der Waals surface area contributed by atoms with Crippen LogP contribution in [0.15, 0.2) is 48.5 Å². The summed E-state index contributed by atoms with van der Waals surface area (Å²) in [6.07, 6.45) is 0. The molecular weight excluding hydrogens is 400 g/mol. The number of methoxy groups -OCH3 is 1. The summed E-state index contributed by atoms with van der Waals surface area (Å²) in [6.45, 7) is 0.590. The number of fused-ring (bicyclic) bond motifs is 1. The number of carbonyl (C=O) groups is 1. The largest absolute Gasteiger partial charge is 0.497 e. The van der Waals surface area contributed by atoms with Crippen molar-refractivity contribution in [2.45, 2.75) is 18.6 Å². The molecule has 2 aromatic rings.